The van der Waals surface area contributed by atoms with Crippen molar-refractivity contribution in [1.29, 1.82) is 0 Å². The highest BCUT2D eigenvalue weighted by Gasteiger charge is 2.32. The van der Waals surface area contributed by atoms with Gasteiger partial charge in [-0.3, -0.25) is 4.79 Å². The zero-order valence-corrected chi connectivity index (χ0v) is 10.7. The number of anilines is 1. The number of halogens is 2. The highest BCUT2D eigenvalue weighted by atomic mass is 19.1. The summed E-state index contributed by atoms with van der Waals surface area (Å²) in [6.07, 6.45) is 5.34. The third-order valence-corrected chi connectivity index (χ3v) is 3.09. The highest BCUT2D eigenvalue weighted by Crippen LogP contribution is 2.29. The predicted octanol–water partition coefficient (Wildman–Crippen LogP) is 1.74. The highest BCUT2D eigenvalue weighted by molar-refractivity contribution is 5.98. The Kier molecular flexibility index (Phi) is 3.70. The van der Waals surface area contributed by atoms with Gasteiger partial charge in [-0.05, 0) is 6.07 Å². The molecule has 2 rings (SSSR count). The van der Waals surface area contributed by atoms with E-state index in [-0.39, 0.29) is 30.5 Å². The van der Waals surface area contributed by atoms with E-state index in [4.69, 9.17) is 6.42 Å². The molecule has 1 aliphatic heterocycles. The molecule has 1 heterocycles. The summed E-state index contributed by atoms with van der Waals surface area (Å²) < 4.78 is 31.7. The first-order valence-corrected chi connectivity index (χ1v) is 5.81. The van der Waals surface area contributed by atoms with Gasteiger partial charge in [0.15, 0.2) is 0 Å². The molecule has 0 spiro atoms. The monoisotopic (exact) mass is 279 g/mol. The van der Waals surface area contributed by atoms with Gasteiger partial charge in [0.25, 0.3) is 0 Å². The van der Waals surface area contributed by atoms with E-state index in [1.165, 1.54) is 0 Å². The van der Waals surface area contributed by atoms with Crippen LogP contribution in [0.3, 0.4) is 0 Å². The van der Waals surface area contributed by atoms with Crippen LogP contribution in [0.4, 0.5) is 14.5 Å². The number of carbonyl (C=O) groups is 2. The number of methoxy groups -OCH3 is 1. The number of esters is 1. The minimum atomic E-state index is -1.04. The first-order valence-electron chi connectivity index (χ1n) is 5.81. The Labute approximate surface area is 114 Å². The summed E-state index contributed by atoms with van der Waals surface area (Å²) in [5.41, 5.74) is -0.601. The van der Waals surface area contributed by atoms with Gasteiger partial charge >= 0.3 is 5.97 Å². The summed E-state index contributed by atoms with van der Waals surface area (Å²) in [5, 5.41) is 0. The molecule has 6 heteroatoms. The second-order valence-corrected chi connectivity index (χ2v) is 4.35. The Morgan fingerprint density at radius 2 is 2.15 bits per heavy atom. The lowest BCUT2D eigenvalue weighted by Gasteiger charge is -2.17. The van der Waals surface area contributed by atoms with Gasteiger partial charge in [0.2, 0.25) is 5.91 Å². The Morgan fingerprint density at radius 3 is 2.70 bits per heavy atom. The van der Waals surface area contributed by atoms with E-state index in [1.54, 1.807) is 0 Å². The lowest BCUT2D eigenvalue weighted by molar-refractivity contribution is -0.117. The van der Waals surface area contributed by atoms with E-state index < -0.39 is 23.2 Å². The minimum absolute atomic E-state index is 0.0981. The van der Waals surface area contributed by atoms with Crippen molar-refractivity contribution in [3.8, 4) is 12.3 Å². The molecule has 0 bridgehead atoms. The molecule has 20 heavy (non-hydrogen) atoms. The number of ether oxygens (including phenoxy) is 1. The van der Waals surface area contributed by atoms with Crippen LogP contribution in [0.5, 0.6) is 0 Å². The Bertz CT molecular complexity index is 622. The number of hydrogen-bond donors (Lipinski definition) is 0. The smallest absolute Gasteiger partial charge is 0.340 e. The van der Waals surface area contributed by atoms with E-state index in [2.05, 4.69) is 10.7 Å². The minimum Gasteiger partial charge on any atom is -0.465 e. The third-order valence-electron chi connectivity index (χ3n) is 3.09. The van der Waals surface area contributed by atoms with E-state index >= 15 is 0 Å². The van der Waals surface area contributed by atoms with E-state index in [0.717, 1.165) is 18.1 Å². The predicted molar refractivity (Wildman–Crippen MR) is 67.0 cm³/mol. The summed E-state index contributed by atoms with van der Waals surface area (Å²) in [5.74, 6) is -1.18. The molecular formula is C14H11F2NO3. The van der Waals surface area contributed by atoms with E-state index in [0.29, 0.717) is 6.07 Å². The Morgan fingerprint density at radius 1 is 1.45 bits per heavy atom. The maximum absolute atomic E-state index is 13.8. The normalized spacial score (nSPS) is 18.0. The van der Waals surface area contributed by atoms with Crippen LogP contribution in [0.1, 0.15) is 16.8 Å². The molecule has 104 valence electrons. The molecule has 0 aromatic heterocycles. The van der Waals surface area contributed by atoms with Gasteiger partial charge < -0.3 is 9.64 Å². The zero-order chi connectivity index (χ0) is 14.9. The van der Waals surface area contributed by atoms with Gasteiger partial charge in [-0.15, -0.1) is 12.3 Å². The molecule has 1 saturated heterocycles. The van der Waals surface area contributed by atoms with Crippen LogP contribution in [-0.2, 0) is 9.53 Å². The molecule has 0 radical (unpaired) electrons. The molecule has 1 amide bonds. The van der Waals surface area contributed by atoms with Crippen LogP contribution in [0.2, 0.25) is 0 Å². The molecule has 1 unspecified atom stereocenters. The van der Waals surface area contributed by atoms with Crippen molar-refractivity contribution in [2.75, 3.05) is 18.6 Å². The van der Waals surface area contributed by atoms with E-state index in [9.17, 15) is 18.4 Å². The second kappa shape index (κ2) is 5.29. The quantitative estimate of drug-likeness (QED) is 0.612. The molecule has 4 nitrogen and oxygen atoms in total. The van der Waals surface area contributed by atoms with Crippen LogP contribution >= 0.6 is 0 Å². The molecule has 1 fully saturated rings. The first-order chi connectivity index (χ1) is 9.47. The number of terminal acetylenes is 1. The van der Waals surface area contributed by atoms with Crippen molar-refractivity contribution < 1.29 is 23.1 Å². The van der Waals surface area contributed by atoms with Gasteiger partial charge in [0.05, 0.1) is 18.4 Å². The van der Waals surface area contributed by atoms with Crippen molar-refractivity contribution in [3.05, 3.63) is 29.3 Å². The fourth-order valence-corrected chi connectivity index (χ4v) is 2.06. The van der Waals surface area contributed by atoms with E-state index in [1.807, 2.05) is 0 Å². The molecule has 1 atom stereocenters. The van der Waals surface area contributed by atoms with Gasteiger partial charge in [0.1, 0.15) is 11.6 Å². The second-order valence-electron chi connectivity index (χ2n) is 4.35. The topological polar surface area (TPSA) is 46.6 Å². The molecular weight excluding hydrogens is 268 g/mol. The van der Waals surface area contributed by atoms with Crippen LogP contribution in [0.15, 0.2) is 12.1 Å². The van der Waals surface area contributed by atoms with Crippen molar-refractivity contribution in [2.45, 2.75) is 6.42 Å². The first kappa shape index (κ1) is 14.0. The molecule has 1 aromatic rings. The average molecular weight is 279 g/mol. The maximum Gasteiger partial charge on any atom is 0.340 e. The number of benzene rings is 1. The summed E-state index contributed by atoms with van der Waals surface area (Å²) in [6, 6.07) is 1.52. The summed E-state index contributed by atoms with van der Waals surface area (Å²) >= 11 is 0. The lowest BCUT2D eigenvalue weighted by Crippen LogP contribution is -2.26. The SMILES string of the molecule is C#CC1CC(=O)N(c2cc(C(=O)OC)c(F)cc2F)C1. The van der Waals surface area contributed by atoms with Crippen molar-refractivity contribution in [3.63, 3.8) is 0 Å². The van der Waals surface area contributed by atoms with Gasteiger partial charge in [-0.2, -0.15) is 0 Å². The largest absolute Gasteiger partial charge is 0.465 e. The Balaban J connectivity index is 2.45. The number of amides is 1. The fourth-order valence-electron chi connectivity index (χ4n) is 2.06. The maximum atomic E-state index is 13.8. The number of carbonyl (C=O) groups excluding carboxylic acids is 2. The van der Waals surface area contributed by atoms with Gasteiger partial charge in [-0.25, -0.2) is 13.6 Å². The molecule has 1 aromatic carbocycles. The third kappa shape index (κ3) is 2.35. The van der Waals surface area contributed by atoms with Crippen molar-refractivity contribution >= 4 is 17.6 Å². The van der Waals surface area contributed by atoms with Gasteiger partial charge in [0, 0.05) is 24.9 Å². The molecule has 0 aliphatic carbocycles. The number of hydrogen-bond acceptors (Lipinski definition) is 3. The average Bonchev–Trinajstić information content (AvgIpc) is 2.79. The standard InChI is InChI=1S/C14H11F2NO3/c1-3-8-4-13(18)17(7-8)12-5-9(14(19)20-2)10(15)6-11(12)16/h1,5-6,8H,4,7H2,2H3. The molecule has 0 saturated carbocycles. The summed E-state index contributed by atoms with van der Waals surface area (Å²) in [4.78, 5) is 24.3. The summed E-state index contributed by atoms with van der Waals surface area (Å²) in [6.45, 7) is 0.137. The Hall–Kier alpha value is -2.42. The molecule has 1 aliphatic rings. The van der Waals surface area contributed by atoms with Crippen LogP contribution < -0.4 is 4.90 Å². The zero-order valence-electron chi connectivity index (χ0n) is 10.7. The molecule has 0 N–H and O–H groups in total. The van der Waals surface area contributed by atoms with Crippen LogP contribution in [0.25, 0.3) is 0 Å². The fraction of sp³-hybridized carbons (Fsp3) is 0.286. The summed E-state index contributed by atoms with van der Waals surface area (Å²) in [7, 11) is 1.08. The van der Waals surface area contributed by atoms with Crippen molar-refractivity contribution in [1.82, 2.24) is 0 Å². The van der Waals surface area contributed by atoms with Crippen molar-refractivity contribution in [2.24, 2.45) is 5.92 Å². The van der Waals surface area contributed by atoms with Crippen LogP contribution in [0, 0.1) is 29.9 Å². The number of rotatable bonds is 2. The van der Waals surface area contributed by atoms with Crippen LogP contribution in [-0.4, -0.2) is 25.5 Å². The number of nitrogens with zero attached hydrogens (tertiary/aromatic N) is 1. The lowest BCUT2D eigenvalue weighted by atomic mass is 10.1. The van der Waals surface area contributed by atoms with Gasteiger partial charge in [-0.1, -0.05) is 0 Å².